The second-order valence-electron chi connectivity index (χ2n) is 9.04. The van der Waals surface area contributed by atoms with Gasteiger partial charge in [0.05, 0.1) is 6.10 Å². The van der Waals surface area contributed by atoms with Crippen LogP contribution in [0.1, 0.15) is 71.6 Å². The van der Waals surface area contributed by atoms with Gasteiger partial charge in [-0.3, -0.25) is 4.79 Å². The zero-order valence-corrected chi connectivity index (χ0v) is 13.6. The first-order valence-corrected chi connectivity index (χ1v) is 9.15. The van der Waals surface area contributed by atoms with Crippen LogP contribution in [0.3, 0.4) is 0 Å². The predicted molar refractivity (Wildman–Crippen MR) is 82.7 cm³/mol. The van der Waals surface area contributed by atoms with Crippen LogP contribution in [0.25, 0.3) is 0 Å². The van der Waals surface area contributed by atoms with Gasteiger partial charge in [-0.1, -0.05) is 13.8 Å². The third kappa shape index (κ3) is 1.84. The monoisotopic (exact) mass is 290 g/mol. The summed E-state index contributed by atoms with van der Waals surface area (Å²) in [5.41, 5.74) is 0.598. The van der Waals surface area contributed by atoms with Crippen LogP contribution in [0.15, 0.2) is 0 Å². The van der Waals surface area contributed by atoms with Crippen molar-refractivity contribution in [2.45, 2.75) is 77.7 Å². The van der Waals surface area contributed by atoms with E-state index < -0.39 is 0 Å². The van der Waals surface area contributed by atoms with Gasteiger partial charge in [0.15, 0.2) is 0 Å². The molecule has 4 rings (SSSR count). The number of carbonyl (C=O) groups is 1. The number of rotatable bonds is 0. The molecule has 1 N–H and O–H groups in total. The second kappa shape index (κ2) is 4.57. The third-order valence-electron chi connectivity index (χ3n) is 8.43. The van der Waals surface area contributed by atoms with Gasteiger partial charge < -0.3 is 5.11 Å². The molecule has 0 aliphatic heterocycles. The first-order valence-electron chi connectivity index (χ1n) is 9.15. The summed E-state index contributed by atoms with van der Waals surface area (Å²) >= 11 is 0. The molecule has 0 bridgehead atoms. The summed E-state index contributed by atoms with van der Waals surface area (Å²) < 4.78 is 0. The van der Waals surface area contributed by atoms with Crippen LogP contribution in [0.2, 0.25) is 0 Å². The van der Waals surface area contributed by atoms with Gasteiger partial charge in [-0.15, -0.1) is 0 Å². The molecule has 0 spiro atoms. The standard InChI is InChI=1S/C19H30O2/c1-18-9-7-13(20)11-12(18)3-4-14-15-5-6-17(21)19(15,2)10-8-16(14)18/h12,14-17,21H,3-11H2,1-2H3/t12-,14-,15+,16-,17+,18-,19+/m0/s1. The molecule has 4 aliphatic rings. The van der Waals surface area contributed by atoms with E-state index in [-0.39, 0.29) is 11.5 Å². The Morgan fingerprint density at radius 2 is 1.71 bits per heavy atom. The molecule has 2 heteroatoms. The molecule has 4 fully saturated rings. The number of aliphatic hydroxyl groups is 1. The molecule has 0 amide bonds. The van der Waals surface area contributed by atoms with Gasteiger partial charge in [0.1, 0.15) is 5.78 Å². The summed E-state index contributed by atoms with van der Waals surface area (Å²) in [6.45, 7) is 4.85. The average molecular weight is 290 g/mol. The lowest BCUT2D eigenvalue weighted by Gasteiger charge is -2.60. The minimum Gasteiger partial charge on any atom is -0.393 e. The molecule has 0 aromatic heterocycles. The van der Waals surface area contributed by atoms with Crippen LogP contribution in [0.4, 0.5) is 0 Å². The number of hydrogen-bond donors (Lipinski definition) is 1. The Labute approximate surface area is 128 Å². The summed E-state index contributed by atoms with van der Waals surface area (Å²) in [5, 5.41) is 10.5. The quantitative estimate of drug-likeness (QED) is 0.733. The van der Waals surface area contributed by atoms with E-state index >= 15 is 0 Å². The van der Waals surface area contributed by atoms with Crippen LogP contribution in [-0.2, 0) is 4.79 Å². The Bertz CT molecular complexity index is 458. The highest BCUT2D eigenvalue weighted by atomic mass is 16.3. The molecule has 2 nitrogen and oxygen atoms in total. The zero-order chi connectivity index (χ0) is 14.8. The Kier molecular flexibility index (Phi) is 3.10. The Balaban J connectivity index is 1.64. The van der Waals surface area contributed by atoms with Crippen molar-refractivity contribution in [3.63, 3.8) is 0 Å². The number of ketones is 1. The van der Waals surface area contributed by atoms with Gasteiger partial charge in [0.2, 0.25) is 0 Å². The van der Waals surface area contributed by atoms with Crippen molar-refractivity contribution >= 4 is 5.78 Å². The summed E-state index contributed by atoms with van der Waals surface area (Å²) in [7, 11) is 0. The van der Waals surface area contributed by atoms with Crippen molar-refractivity contribution in [1.29, 1.82) is 0 Å². The SMILES string of the molecule is C[C@@]12CC[C@H]3[C@@H](CC[C@H]4CC(=O)CC[C@@]43C)[C@H]1CC[C@H]2O. The highest BCUT2D eigenvalue weighted by Gasteiger charge is 2.59. The van der Waals surface area contributed by atoms with Crippen molar-refractivity contribution in [3.8, 4) is 0 Å². The van der Waals surface area contributed by atoms with Crippen molar-refractivity contribution < 1.29 is 9.90 Å². The molecule has 7 atom stereocenters. The largest absolute Gasteiger partial charge is 0.393 e. The van der Waals surface area contributed by atoms with E-state index in [1.54, 1.807) is 0 Å². The molecule has 0 saturated heterocycles. The normalized spacial score (nSPS) is 56.5. The maximum absolute atomic E-state index is 11.9. The number of aliphatic hydroxyl groups excluding tert-OH is 1. The molecule has 118 valence electrons. The second-order valence-corrected chi connectivity index (χ2v) is 9.04. The predicted octanol–water partition coefficient (Wildman–Crippen LogP) is 3.96. The summed E-state index contributed by atoms with van der Waals surface area (Å²) in [6, 6.07) is 0. The van der Waals surface area contributed by atoms with Gasteiger partial charge in [0.25, 0.3) is 0 Å². The lowest BCUT2D eigenvalue weighted by Crippen LogP contribution is -2.54. The number of Topliss-reactive ketones (excluding diaryl/α,β-unsaturated/α-hetero) is 1. The number of fused-ring (bicyclic) bond motifs is 5. The summed E-state index contributed by atoms with van der Waals surface area (Å²) in [5.74, 6) is 3.52. The van der Waals surface area contributed by atoms with Crippen LogP contribution in [-0.4, -0.2) is 17.0 Å². The molecule has 0 aromatic carbocycles. The minimum absolute atomic E-state index is 0.0677. The lowest BCUT2D eigenvalue weighted by molar-refractivity contribution is -0.141. The topological polar surface area (TPSA) is 37.3 Å². The van der Waals surface area contributed by atoms with Gasteiger partial charge in [-0.05, 0) is 79.4 Å². The van der Waals surface area contributed by atoms with Crippen LogP contribution in [0, 0.1) is 34.5 Å². The van der Waals surface area contributed by atoms with E-state index in [2.05, 4.69) is 13.8 Å². The molecule has 0 unspecified atom stereocenters. The zero-order valence-electron chi connectivity index (χ0n) is 13.6. The van der Waals surface area contributed by atoms with E-state index in [0.717, 1.165) is 43.4 Å². The number of hydrogen-bond acceptors (Lipinski definition) is 2. The van der Waals surface area contributed by atoms with Crippen LogP contribution >= 0.6 is 0 Å². The van der Waals surface area contributed by atoms with E-state index in [4.69, 9.17) is 0 Å². The Hall–Kier alpha value is -0.370. The molecule has 0 radical (unpaired) electrons. The average Bonchev–Trinajstić information content (AvgIpc) is 2.76. The van der Waals surface area contributed by atoms with Crippen molar-refractivity contribution in [2.24, 2.45) is 34.5 Å². The minimum atomic E-state index is -0.0677. The fourth-order valence-electron chi connectivity index (χ4n) is 7.02. The van der Waals surface area contributed by atoms with Gasteiger partial charge in [-0.25, -0.2) is 0 Å². The lowest BCUT2D eigenvalue weighted by atomic mass is 9.45. The highest BCUT2D eigenvalue weighted by Crippen LogP contribution is 2.65. The molecule has 0 aromatic rings. The van der Waals surface area contributed by atoms with E-state index in [1.807, 2.05) is 0 Å². The molecule has 4 saturated carbocycles. The first-order chi connectivity index (χ1) is 9.95. The Morgan fingerprint density at radius 1 is 0.952 bits per heavy atom. The summed E-state index contributed by atoms with van der Waals surface area (Å²) in [4.78, 5) is 11.9. The highest BCUT2D eigenvalue weighted by molar-refractivity contribution is 5.79. The van der Waals surface area contributed by atoms with E-state index in [1.165, 1.54) is 32.1 Å². The fourth-order valence-corrected chi connectivity index (χ4v) is 7.02. The maximum Gasteiger partial charge on any atom is 0.133 e. The van der Waals surface area contributed by atoms with Gasteiger partial charge in [0, 0.05) is 12.8 Å². The van der Waals surface area contributed by atoms with Crippen molar-refractivity contribution in [2.75, 3.05) is 0 Å². The molecule has 4 aliphatic carbocycles. The molecular formula is C19H30O2. The fraction of sp³-hybridized carbons (Fsp3) is 0.947. The van der Waals surface area contributed by atoms with Crippen LogP contribution < -0.4 is 0 Å². The smallest absolute Gasteiger partial charge is 0.133 e. The van der Waals surface area contributed by atoms with Crippen LogP contribution in [0.5, 0.6) is 0 Å². The van der Waals surface area contributed by atoms with E-state index in [9.17, 15) is 9.90 Å². The Morgan fingerprint density at radius 3 is 2.52 bits per heavy atom. The van der Waals surface area contributed by atoms with Gasteiger partial charge >= 0.3 is 0 Å². The van der Waals surface area contributed by atoms with Gasteiger partial charge in [-0.2, -0.15) is 0 Å². The number of carbonyl (C=O) groups excluding carboxylic acids is 1. The molecule has 0 heterocycles. The van der Waals surface area contributed by atoms with Crippen molar-refractivity contribution in [3.05, 3.63) is 0 Å². The third-order valence-corrected chi connectivity index (χ3v) is 8.43. The molecule has 21 heavy (non-hydrogen) atoms. The maximum atomic E-state index is 11.9. The molecular weight excluding hydrogens is 260 g/mol. The van der Waals surface area contributed by atoms with Crippen molar-refractivity contribution in [1.82, 2.24) is 0 Å². The summed E-state index contributed by atoms with van der Waals surface area (Å²) in [6.07, 6.45) is 10.0. The van der Waals surface area contributed by atoms with E-state index in [0.29, 0.717) is 17.1 Å². The first kappa shape index (κ1) is 14.2.